The number of hydrogen-bond donors (Lipinski definition) is 0. The minimum absolute atomic E-state index is 0.0589. The highest BCUT2D eigenvalue weighted by atomic mass is 16.5. The van der Waals surface area contributed by atoms with E-state index in [-0.39, 0.29) is 11.8 Å². The normalized spacial score (nSPS) is 14.0. The van der Waals surface area contributed by atoms with E-state index in [0.717, 1.165) is 0 Å². The molecule has 26 heavy (non-hydrogen) atoms. The van der Waals surface area contributed by atoms with Gasteiger partial charge in [-0.15, -0.1) is 0 Å². The van der Waals surface area contributed by atoms with Gasteiger partial charge in [0.2, 0.25) is 0 Å². The van der Waals surface area contributed by atoms with Crippen LogP contribution < -0.4 is 4.74 Å². The lowest BCUT2D eigenvalue weighted by atomic mass is 10.1. The number of esters is 1. The second-order valence-corrected chi connectivity index (χ2v) is 5.94. The average molecular weight is 353 g/mol. The van der Waals surface area contributed by atoms with Gasteiger partial charge in [-0.25, -0.2) is 0 Å². The third-order valence-electron chi connectivity index (χ3n) is 4.12. The van der Waals surface area contributed by atoms with E-state index in [2.05, 4.69) is 4.98 Å². The Balaban J connectivity index is 1.62. The fourth-order valence-electron chi connectivity index (χ4n) is 2.83. The molecule has 2 amide bonds. The molecule has 0 unspecified atom stereocenters. The number of piperazine rings is 1. The monoisotopic (exact) mass is 353 g/mol. The Hall–Kier alpha value is -3.22. The van der Waals surface area contributed by atoms with Crippen LogP contribution in [-0.2, 0) is 4.79 Å². The molecule has 1 saturated heterocycles. The molecule has 0 radical (unpaired) electrons. The predicted octanol–water partition coefficient (Wildman–Crippen LogP) is 1.61. The Morgan fingerprint density at radius 3 is 2.04 bits per heavy atom. The molecule has 7 heteroatoms. The van der Waals surface area contributed by atoms with Gasteiger partial charge in [-0.05, 0) is 30.3 Å². The van der Waals surface area contributed by atoms with Gasteiger partial charge in [-0.3, -0.25) is 19.4 Å². The highest BCUT2D eigenvalue weighted by Gasteiger charge is 2.25. The van der Waals surface area contributed by atoms with Gasteiger partial charge in [0.1, 0.15) is 5.75 Å². The second-order valence-electron chi connectivity index (χ2n) is 5.94. The van der Waals surface area contributed by atoms with Gasteiger partial charge in [0.05, 0.1) is 0 Å². The molecule has 3 rings (SSSR count). The van der Waals surface area contributed by atoms with Crippen molar-refractivity contribution in [1.29, 1.82) is 0 Å². The van der Waals surface area contributed by atoms with Crippen LogP contribution in [0.3, 0.4) is 0 Å². The van der Waals surface area contributed by atoms with Crippen molar-refractivity contribution >= 4 is 17.8 Å². The van der Waals surface area contributed by atoms with Gasteiger partial charge in [0.25, 0.3) is 11.8 Å². The van der Waals surface area contributed by atoms with Crippen LogP contribution in [0.15, 0.2) is 48.8 Å². The van der Waals surface area contributed by atoms with Gasteiger partial charge < -0.3 is 14.5 Å². The zero-order valence-corrected chi connectivity index (χ0v) is 14.4. The molecule has 0 bridgehead atoms. The van der Waals surface area contributed by atoms with Crippen molar-refractivity contribution in [2.75, 3.05) is 26.2 Å². The number of nitrogens with zero attached hydrogens (tertiary/aromatic N) is 3. The van der Waals surface area contributed by atoms with E-state index >= 15 is 0 Å². The van der Waals surface area contributed by atoms with Crippen molar-refractivity contribution in [3.63, 3.8) is 0 Å². The number of rotatable bonds is 3. The van der Waals surface area contributed by atoms with Crippen molar-refractivity contribution in [3.05, 3.63) is 59.9 Å². The maximum Gasteiger partial charge on any atom is 0.308 e. The summed E-state index contributed by atoms with van der Waals surface area (Å²) in [5.41, 5.74) is 1.05. The minimum Gasteiger partial charge on any atom is -0.427 e. The number of ether oxygens (including phenoxy) is 1. The predicted molar refractivity (Wildman–Crippen MR) is 93.8 cm³/mol. The highest BCUT2D eigenvalue weighted by Crippen LogP contribution is 2.17. The summed E-state index contributed by atoms with van der Waals surface area (Å²) >= 11 is 0. The van der Waals surface area contributed by atoms with Crippen LogP contribution in [0.4, 0.5) is 0 Å². The summed E-state index contributed by atoms with van der Waals surface area (Å²) in [5.74, 6) is -0.293. The molecule has 2 heterocycles. The Labute approximate surface area is 151 Å². The quantitative estimate of drug-likeness (QED) is 0.619. The zero-order chi connectivity index (χ0) is 18.5. The largest absolute Gasteiger partial charge is 0.427 e. The van der Waals surface area contributed by atoms with Gasteiger partial charge in [-0.2, -0.15) is 0 Å². The van der Waals surface area contributed by atoms with Gasteiger partial charge in [0.15, 0.2) is 0 Å². The molecule has 1 aliphatic rings. The lowest BCUT2D eigenvalue weighted by Crippen LogP contribution is -2.50. The molecule has 0 saturated carbocycles. The molecule has 0 aliphatic carbocycles. The van der Waals surface area contributed by atoms with Crippen LogP contribution in [0, 0.1) is 0 Å². The first-order chi connectivity index (χ1) is 12.5. The van der Waals surface area contributed by atoms with E-state index in [1.165, 1.54) is 6.92 Å². The topological polar surface area (TPSA) is 79.8 Å². The van der Waals surface area contributed by atoms with Crippen LogP contribution >= 0.6 is 0 Å². The highest BCUT2D eigenvalue weighted by molar-refractivity contribution is 5.96. The first-order valence-electron chi connectivity index (χ1n) is 8.31. The average Bonchev–Trinajstić information content (AvgIpc) is 2.67. The van der Waals surface area contributed by atoms with Crippen LogP contribution in [0.2, 0.25) is 0 Å². The molecule has 1 aromatic heterocycles. The van der Waals surface area contributed by atoms with Crippen molar-refractivity contribution in [3.8, 4) is 5.75 Å². The van der Waals surface area contributed by atoms with Gasteiger partial charge >= 0.3 is 5.97 Å². The molecule has 1 fully saturated rings. The molecular formula is C19H19N3O4. The molecule has 134 valence electrons. The summed E-state index contributed by atoms with van der Waals surface area (Å²) in [5, 5.41) is 0. The summed E-state index contributed by atoms with van der Waals surface area (Å²) in [7, 11) is 0. The summed E-state index contributed by atoms with van der Waals surface area (Å²) in [6.07, 6.45) is 3.17. The summed E-state index contributed by atoms with van der Waals surface area (Å²) in [6, 6.07) is 9.90. The Kier molecular flexibility index (Phi) is 5.26. The smallest absolute Gasteiger partial charge is 0.308 e. The van der Waals surface area contributed by atoms with E-state index in [1.807, 2.05) is 0 Å². The van der Waals surface area contributed by atoms with Crippen LogP contribution in [-0.4, -0.2) is 58.7 Å². The molecule has 1 aliphatic heterocycles. The molecule has 2 aromatic rings. The standard InChI is InChI=1S/C19H19N3O4/c1-14(23)26-17-4-2-3-16(13-17)19(25)22-11-9-21(10-12-22)18(24)15-5-7-20-8-6-15/h2-8,13H,9-12H2,1H3. The van der Waals surface area contributed by atoms with Crippen molar-refractivity contribution in [2.24, 2.45) is 0 Å². The summed E-state index contributed by atoms with van der Waals surface area (Å²) in [6.45, 7) is 3.15. The molecule has 1 aromatic carbocycles. The van der Waals surface area contributed by atoms with Crippen LogP contribution in [0.1, 0.15) is 27.6 Å². The fourth-order valence-corrected chi connectivity index (χ4v) is 2.83. The second kappa shape index (κ2) is 7.77. The SMILES string of the molecule is CC(=O)Oc1cccc(C(=O)N2CCN(C(=O)c3ccncc3)CC2)c1. The number of benzene rings is 1. The Bertz CT molecular complexity index is 815. The molecule has 0 atom stereocenters. The fraction of sp³-hybridized carbons (Fsp3) is 0.263. The molecule has 0 N–H and O–H groups in total. The van der Waals surface area contributed by atoms with E-state index in [1.54, 1.807) is 58.6 Å². The number of pyridine rings is 1. The van der Waals surface area contributed by atoms with E-state index in [4.69, 9.17) is 4.74 Å². The number of aromatic nitrogens is 1. The van der Waals surface area contributed by atoms with Gasteiger partial charge in [-0.1, -0.05) is 6.07 Å². The third kappa shape index (κ3) is 4.05. The molecular weight excluding hydrogens is 334 g/mol. The van der Waals surface area contributed by atoms with Crippen LogP contribution in [0.5, 0.6) is 5.75 Å². The van der Waals surface area contributed by atoms with Crippen molar-refractivity contribution < 1.29 is 19.1 Å². The number of carbonyl (C=O) groups is 3. The lowest BCUT2D eigenvalue weighted by molar-refractivity contribution is -0.131. The Morgan fingerprint density at radius 2 is 1.46 bits per heavy atom. The van der Waals surface area contributed by atoms with E-state index in [9.17, 15) is 14.4 Å². The minimum atomic E-state index is -0.433. The van der Waals surface area contributed by atoms with Gasteiger partial charge in [0, 0.05) is 56.6 Å². The number of hydrogen-bond acceptors (Lipinski definition) is 5. The van der Waals surface area contributed by atoms with Crippen molar-refractivity contribution in [1.82, 2.24) is 14.8 Å². The first kappa shape index (κ1) is 17.6. The maximum atomic E-state index is 12.7. The van der Waals surface area contributed by atoms with Crippen LogP contribution in [0.25, 0.3) is 0 Å². The van der Waals surface area contributed by atoms with E-state index < -0.39 is 5.97 Å². The number of amides is 2. The summed E-state index contributed by atoms with van der Waals surface area (Å²) < 4.78 is 5.02. The van der Waals surface area contributed by atoms with E-state index in [0.29, 0.717) is 43.1 Å². The molecule has 7 nitrogen and oxygen atoms in total. The zero-order valence-electron chi connectivity index (χ0n) is 14.4. The first-order valence-corrected chi connectivity index (χ1v) is 8.31. The lowest BCUT2D eigenvalue weighted by Gasteiger charge is -2.34. The third-order valence-corrected chi connectivity index (χ3v) is 4.12. The van der Waals surface area contributed by atoms with Crippen molar-refractivity contribution in [2.45, 2.75) is 6.92 Å². The molecule has 0 spiro atoms. The summed E-state index contributed by atoms with van der Waals surface area (Å²) in [4.78, 5) is 43.5. The Morgan fingerprint density at radius 1 is 0.885 bits per heavy atom. The number of carbonyl (C=O) groups excluding carboxylic acids is 3. The maximum absolute atomic E-state index is 12.7.